The molecule has 0 fully saturated rings. The van der Waals surface area contributed by atoms with E-state index in [1.165, 1.54) is 270 Å². The summed E-state index contributed by atoms with van der Waals surface area (Å²) < 4.78 is 0. The first-order chi connectivity index (χ1) is 26.8. The van der Waals surface area contributed by atoms with E-state index < -0.39 is 0 Å². The standard InChI is InChI=1S/C53H101N/c1-4-7-9-11-13-15-17-19-21-23-25-27-29-31-33-35-37-39-41-43-45-51-47-48-53(50-54-6-3)52(49-51)46-44-42-40-38-36-34-32-30-28-26-24-22-20-18-16-14-12-10-8-5-2/h47-49,54H,4-46,50H2,1-3H3. The summed E-state index contributed by atoms with van der Waals surface area (Å²) in [5, 5.41) is 3.60. The summed E-state index contributed by atoms with van der Waals surface area (Å²) in [6.45, 7) is 8.94. The highest BCUT2D eigenvalue weighted by molar-refractivity contribution is 5.32. The number of hydrogen-bond donors (Lipinski definition) is 1. The van der Waals surface area contributed by atoms with E-state index in [-0.39, 0.29) is 0 Å². The van der Waals surface area contributed by atoms with Crippen molar-refractivity contribution in [1.29, 1.82) is 0 Å². The highest BCUT2D eigenvalue weighted by atomic mass is 14.8. The molecule has 0 aliphatic heterocycles. The highest BCUT2D eigenvalue weighted by Crippen LogP contribution is 2.20. The van der Waals surface area contributed by atoms with Crippen molar-refractivity contribution in [2.75, 3.05) is 6.54 Å². The predicted octanol–water partition coefficient (Wildman–Crippen LogP) is 18.5. The van der Waals surface area contributed by atoms with Gasteiger partial charge in [-0.15, -0.1) is 0 Å². The van der Waals surface area contributed by atoms with E-state index in [4.69, 9.17) is 0 Å². The van der Waals surface area contributed by atoms with Crippen molar-refractivity contribution in [2.24, 2.45) is 0 Å². The third kappa shape index (κ3) is 35.6. The van der Waals surface area contributed by atoms with Gasteiger partial charge >= 0.3 is 0 Å². The molecule has 0 aliphatic rings. The van der Waals surface area contributed by atoms with E-state index in [9.17, 15) is 0 Å². The molecule has 0 spiro atoms. The van der Waals surface area contributed by atoms with Crippen LogP contribution in [0.4, 0.5) is 0 Å². The Hall–Kier alpha value is -0.820. The summed E-state index contributed by atoms with van der Waals surface area (Å²) >= 11 is 0. The van der Waals surface area contributed by atoms with Crippen molar-refractivity contribution in [3.05, 3.63) is 34.9 Å². The SMILES string of the molecule is CCCCCCCCCCCCCCCCCCCCCCc1ccc(CNCC)c(CCCCCCCCCCCCCCCCCCCCCC)c1. The molecule has 0 amide bonds. The second kappa shape index (κ2) is 43.3. The van der Waals surface area contributed by atoms with Gasteiger partial charge in [-0.2, -0.15) is 0 Å². The maximum absolute atomic E-state index is 3.60. The Labute approximate surface area is 342 Å². The van der Waals surface area contributed by atoms with Gasteiger partial charge < -0.3 is 5.32 Å². The quantitative estimate of drug-likeness (QED) is 0.0655. The van der Waals surface area contributed by atoms with Gasteiger partial charge in [0.2, 0.25) is 0 Å². The van der Waals surface area contributed by atoms with E-state index in [1.807, 2.05) is 0 Å². The number of benzene rings is 1. The van der Waals surface area contributed by atoms with Gasteiger partial charge in [-0.1, -0.05) is 283 Å². The summed E-state index contributed by atoms with van der Waals surface area (Å²) in [6.07, 6.45) is 60.7. The first-order valence-electron chi connectivity index (χ1n) is 25.6. The lowest BCUT2D eigenvalue weighted by Crippen LogP contribution is -2.13. The Kier molecular flexibility index (Phi) is 41.1. The molecule has 1 rings (SSSR count). The molecule has 0 bridgehead atoms. The van der Waals surface area contributed by atoms with Crippen LogP contribution in [0.25, 0.3) is 0 Å². The average Bonchev–Trinajstić information content (AvgIpc) is 3.19. The van der Waals surface area contributed by atoms with Crippen LogP contribution in [0.5, 0.6) is 0 Å². The van der Waals surface area contributed by atoms with Gasteiger partial charge in [-0.3, -0.25) is 0 Å². The Morgan fingerprint density at radius 3 is 0.870 bits per heavy atom. The summed E-state index contributed by atoms with van der Waals surface area (Å²) in [5.41, 5.74) is 4.76. The number of aryl methyl sites for hydroxylation is 2. The van der Waals surface area contributed by atoms with E-state index in [2.05, 4.69) is 44.3 Å². The van der Waals surface area contributed by atoms with Crippen molar-refractivity contribution < 1.29 is 0 Å². The van der Waals surface area contributed by atoms with Gasteiger partial charge in [0.15, 0.2) is 0 Å². The fourth-order valence-corrected chi connectivity index (χ4v) is 8.65. The van der Waals surface area contributed by atoms with Crippen LogP contribution in [-0.2, 0) is 19.4 Å². The molecule has 1 aromatic rings. The molecule has 0 saturated heterocycles. The number of unbranched alkanes of at least 4 members (excludes halogenated alkanes) is 38. The highest BCUT2D eigenvalue weighted by Gasteiger charge is 2.06. The molecular formula is C53H101N. The van der Waals surface area contributed by atoms with Crippen molar-refractivity contribution in [3.63, 3.8) is 0 Å². The molecule has 54 heavy (non-hydrogen) atoms. The van der Waals surface area contributed by atoms with E-state index in [0.717, 1.165) is 13.1 Å². The number of hydrogen-bond acceptors (Lipinski definition) is 1. The van der Waals surface area contributed by atoms with Crippen LogP contribution in [0, 0.1) is 0 Å². The zero-order valence-electron chi connectivity index (χ0n) is 37.8. The fourth-order valence-electron chi connectivity index (χ4n) is 8.65. The predicted molar refractivity (Wildman–Crippen MR) is 247 cm³/mol. The minimum absolute atomic E-state index is 1.03. The molecule has 0 saturated carbocycles. The monoisotopic (exact) mass is 752 g/mol. The molecule has 318 valence electrons. The van der Waals surface area contributed by atoms with Gasteiger partial charge in [-0.25, -0.2) is 0 Å². The van der Waals surface area contributed by atoms with Gasteiger partial charge in [0, 0.05) is 6.54 Å². The maximum atomic E-state index is 3.60. The van der Waals surface area contributed by atoms with Crippen molar-refractivity contribution in [2.45, 2.75) is 297 Å². The third-order valence-corrected chi connectivity index (χ3v) is 12.5. The summed E-state index contributed by atoms with van der Waals surface area (Å²) in [4.78, 5) is 0. The zero-order chi connectivity index (χ0) is 38.7. The van der Waals surface area contributed by atoms with Crippen LogP contribution in [0.2, 0.25) is 0 Å². The van der Waals surface area contributed by atoms with Crippen LogP contribution >= 0.6 is 0 Å². The normalized spacial score (nSPS) is 11.6. The van der Waals surface area contributed by atoms with Crippen LogP contribution < -0.4 is 5.32 Å². The first kappa shape index (κ1) is 51.2. The molecular weight excluding hydrogens is 651 g/mol. The first-order valence-corrected chi connectivity index (χ1v) is 25.6. The van der Waals surface area contributed by atoms with Crippen LogP contribution in [0.3, 0.4) is 0 Å². The molecule has 0 aliphatic carbocycles. The largest absolute Gasteiger partial charge is 0.313 e. The second-order valence-corrected chi connectivity index (χ2v) is 17.8. The maximum Gasteiger partial charge on any atom is 0.0208 e. The average molecular weight is 752 g/mol. The minimum Gasteiger partial charge on any atom is -0.313 e. The molecule has 0 atom stereocenters. The lowest BCUT2D eigenvalue weighted by molar-refractivity contribution is 0.521. The van der Waals surface area contributed by atoms with Gasteiger partial charge in [-0.05, 0) is 48.9 Å². The van der Waals surface area contributed by atoms with Crippen LogP contribution in [0.15, 0.2) is 18.2 Å². The molecule has 1 heteroatoms. The van der Waals surface area contributed by atoms with Crippen LogP contribution in [-0.4, -0.2) is 6.54 Å². The number of rotatable bonds is 45. The summed E-state index contributed by atoms with van der Waals surface area (Å²) in [6, 6.07) is 7.46. The molecule has 0 aromatic heterocycles. The second-order valence-electron chi connectivity index (χ2n) is 17.8. The van der Waals surface area contributed by atoms with Gasteiger partial charge in [0.1, 0.15) is 0 Å². The fraction of sp³-hybridized carbons (Fsp3) is 0.887. The minimum atomic E-state index is 1.03. The molecule has 1 aromatic carbocycles. The Morgan fingerprint density at radius 1 is 0.296 bits per heavy atom. The van der Waals surface area contributed by atoms with Crippen molar-refractivity contribution in [1.82, 2.24) is 5.32 Å². The Bertz CT molecular complexity index is 844. The van der Waals surface area contributed by atoms with E-state index in [1.54, 1.807) is 16.7 Å². The summed E-state index contributed by atoms with van der Waals surface area (Å²) in [5.74, 6) is 0. The van der Waals surface area contributed by atoms with E-state index in [0.29, 0.717) is 0 Å². The molecule has 1 N–H and O–H groups in total. The topological polar surface area (TPSA) is 12.0 Å². The van der Waals surface area contributed by atoms with Gasteiger partial charge in [0.25, 0.3) is 0 Å². The zero-order valence-corrected chi connectivity index (χ0v) is 37.8. The third-order valence-electron chi connectivity index (χ3n) is 12.5. The van der Waals surface area contributed by atoms with Crippen molar-refractivity contribution >= 4 is 0 Å². The van der Waals surface area contributed by atoms with E-state index >= 15 is 0 Å². The molecule has 0 radical (unpaired) electrons. The smallest absolute Gasteiger partial charge is 0.0208 e. The number of nitrogens with one attached hydrogen (secondary N) is 1. The molecule has 0 heterocycles. The lowest BCUT2D eigenvalue weighted by Gasteiger charge is -2.13. The Balaban J connectivity index is 1.99. The molecule has 1 nitrogen and oxygen atoms in total. The van der Waals surface area contributed by atoms with Crippen LogP contribution in [0.1, 0.15) is 294 Å². The van der Waals surface area contributed by atoms with Crippen molar-refractivity contribution in [3.8, 4) is 0 Å². The molecule has 0 unspecified atom stereocenters. The Morgan fingerprint density at radius 2 is 0.574 bits per heavy atom. The lowest BCUT2D eigenvalue weighted by atomic mass is 9.95. The van der Waals surface area contributed by atoms with Gasteiger partial charge in [0.05, 0.1) is 0 Å². The summed E-state index contributed by atoms with van der Waals surface area (Å²) in [7, 11) is 0.